The molecule has 1 heteroatoms. The van der Waals surface area contributed by atoms with Gasteiger partial charge in [-0.15, -0.1) is 0 Å². The zero-order chi connectivity index (χ0) is 8.55. The minimum Gasteiger partial charge on any atom is -0.327 e. The van der Waals surface area contributed by atoms with Crippen molar-refractivity contribution in [3.8, 4) is 0 Å². The van der Waals surface area contributed by atoms with Crippen molar-refractivity contribution in [2.45, 2.75) is 51.5 Å². The summed E-state index contributed by atoms with van der Waals surface area (Å²) >= 11 is 0. The third kappa shape index (κ3) is 1.82. The van der Waals surface area contributed by atoms with Crippen molar-refractivity contribution in [3.05, 3.63) is 0 Å². The van der Waals surface area contributed by atoms with Gasteiger partial charge in [-0.3, -0.25) is 0 Å². The predicted octanol–water partition coefficient (Wildman–Crippen LogP) is 2.55. The summed E-state index contributed by atoms with van der Waals surface area (Å²) in [6, 6.07) is 0.531. The van der Waals surface area contributed by atoms with Crippen molar-refractivity contribution >= 4 is 0 Å². The van der Waals surface area contributed by atoms with Crippen LogP contribution in [0.15, 0.2) is 0 Å². The molecule has 0 spiro atoms. The van der Waals surface area contributed by atoms with Gasteiger partial charge in [-0.2, -0.15) is 0 Å². The summed E-state index contributed by atoms with van der Waals surface area (Å²) in [5.41, 5.74) is 6.15. The Hall–Kier alpha value is -0.0400. The number of hydrogen-bond acceptors (Lipinski definition) is 1. The molecule has 0 saturated heterocycles. The molecule has 3 unspecified atom stereocenters. The highest BCUT2D eigenvalue weighted by Crippen LogP contribution is 2.42. The van der Waals surface area contributed by atoms with E-state index < -0.39 is 0 Å². The normalized spacial score (nSPS) is 38.5. The highest BCUT2D eigenvalue weighted by atomic mass is 14.7. The topological polar surface area (TPSA) is 26.0 Å². The zero-order valence-electron chi connectivity index (χ0n) is 8.13. The van der Waals surface area contributed by atoms with E-state index in [2.05, 4.69) is 6.92 Å². The van der Waals surface area contributed by atoms with Crippen LogP contribution in [0.4, 0.5) is 0 Å². The average molecular weight is 167 g/mol. The van der Waals surface area contributed by atoms with Gasteiger partial charge in [0.1, 0.15) is 0 Å². The number of nitrogens with two attached hydrogens (primary N) is 1. The summed E-state index contributed by atoms with van der Waals surface area (Å²) in [4.78, 5) is 0. The molecule has 0 aliphatic heterocycles. The van der Waals surface area contributed by atoms with E-state index in [0.717, 1.165) is 17.8 Å². The molecule has 70 valence electrons. The maximum Gasteiger partial charge on any atom is 0.00724 e. The molecular formula is C11H21N. The van der Waals surface area contributed by atoms with Gasteiger partial charge < -0.3 is 5.73 Å². The largest absolute Gasteiger partial charge is 0.327 e. The van der Waals surface area contributed by atoms with Crippen LogP contribution in [-0.4, -0.2) is 6.04 Å². The molecule has 3 atom stereocenters. The Labute approximate surface area is 75.7 Å². The molecule has 1 nitrogen and oxygen atoms in total. The van der Waals surface area contributed by atoms with Crippen molar-refractivity contribution in [3.63, 3.8) is 0 Å². The third-order valence-corrected chi connectivity index (χ3v) is 3.80. The second-order valence-electron chi connectivity index (χ2n) is 4.93. The molecule has 0 radical (unpaired) electrons. The smallest absolute Gasteiger partial charge is 0.00724 e. The number of hydrogen-bond donors (Lipinski definition) is 1. The molecule has 2 aliphatic carbocycles. The second kappa shape index (κ2) is 3.37. The Morgan fingerprint density at radius 3 is 2.42 bits per heavy atom. The molecule has 2 saturated carbocycles. The van der Waals surface area contributed by atoms with Crippen LogP contribution in [0.2, 0.25) is 0 Å². The van der Waals surface area contributed by atoms with E-state index in [1.807, 2.05) is 0 Å². The maximum absolute atomic E-state index is 6.15. The van der Waals surface area contributed by atoms with Crippen LogP contribution in [0.1, 0.15) is 45.4 Å². The van der Waals surface area contributed by atoms with Crippen LogP contribution in [0.25, 0.3) is 0 Å². The summed E-state index contributed by atoms with van der Waals surface area (Å²) in [6.45, 7) is 2.33. The zero-order valence-corrected chi connectivity index (χ0v) is 8.13. The van der Waals surface area contributed by atoms with Crippen molar-refractivity contribution in [2.75, 3.05) is 0 Å². The first-order chi connectivity index (χ1) is 5.77. The van der Waals surface area contributed by atoms with Crippen LogP contribution >= 0.6 is 0 Å². The molecule has 2 aliphatic rings. The quantitative estimate of drug-likeness (QED) is 0.687. The molecule has 0 aromatic rings. The summed E-state index contributed by atoms with van der Waals surface area (Å²) in [7, 11) is 0. The molecule has 0 bridgehead atoms. The van der Waals surface area contributed by atoms with Crippen LogP contribution < -0.4 is 5.73 Å². The van der Waals surface area contributed by atoms with Crippen molar-refractivity contribution in [1.82, 2.24) is 0 Å². The van der Waals surface area contributed by atoms with Crippen molar-refractivity contribution < 1.29 is 0 Å². The Bertz CT molecular complexity index is 149. The molecule has 0 aromatic heterocycles. The van der Waals surface area contributed by atoms with Crippen molar-refractivity contribution in [2.24, 2.45) is 23.5 Å². The molecule has 2 fully saturated rings. The SMILES string of the molecule is CC1CC1C(N)CC1CCCC1. The molecule has 2 rings (SSSR count). The van der Waals surface area contributed by atoms with Gasteiger partial charge in [0.2, 0.25) is 0 Å². The summed E-state index contributed by atoms with van der Waals surface area (Å²) in [5.74, 6) is 2.79. The summed E-state index contributed by atoms with van der Waals surface area (Å²) in [5, 5.41) is 0. The van der Waals surface area contributed by atoms with Crippen LogP contribution in [0, 0.1) is 17.8 Å². The lowest BCUT2D eigenvalue weighted by Crippen LogP contribution is -2.25. The minimum absolute atomic E-state index is 0.531. The first-order valence-corrected chi connectivity index (χ1v) is 5.53. The Morgan fingerprint density at radius 2 is 1.92 bits per heavy atom. The van der Waals surface area contributed by atoms with Gasteiger partial charge in [0.15, 0.2) is 0 Å². The average Bonchev–Trinajstić information content (AvgIpc) is 2.58. The van der Waals surface area contributed by atoms with Crippen molar-refractivity contribution in [1.29, 1.82) is 0 Å². The molecule has 12 heavy (non-hydrogen) atoms. The van der Waals surface area contributed by atoms with Gasteiger partial charge in [0, 0.05) is 6.04 Å². The fourth-order valence-electron chi connectivity index (χ4n) is 2.75. The highest BCUT2D eigenvalue weighted by Gasteiger charge is 2.38. The van der Waals surface area contributed by atoms with E-state index in [0.29, 0.717) is 6.04 Å². The lowest BCUT2D eigenvalue weighted by Gasteiger charge is -2.15. The van der Waals surface area contributed by atoms with E-state index in [9.17, 15) is 0 Å². The first kappa shape index (κ1) is 8.55. The standard InChI is InChI=1S/C11H21N/c1-8-6-10(8)11(12)7-9-4-2-3-5-9/h8-11H,2-7,12H2,1H3. The Kier molecular flexibility index (Phi) is 2.40. The summed E-state index contributed by atoms with van der Waals surface area (Å²) < 4.78 is 0. The lowest BCUT2D eigenvalue weighted by molar-refractivity contribution is 0.407. The molecule has 0 heterocycles. The highest BCUT2D eigenvalue weighted by molar-refractivity contribution is 4.91. The van der Waals surface area contributed by atoms with E-state index >= 15 is 0 Å². The van der Waals surface area contributed by atoms with Crippen LogP contribution in [0.3, 0.4) is 0 Å². The predicted molar refractivity (Wildman–Crippen MR) is 51.8 cm³/mol. The Balaban J connectivity index is 1.71. The maximum atomic E-state index is 6.15. The Morgan fingerprint density at radius 1 is 1.33 bits per heavy atom. The fraction of sp³-hybridized carbons (Fsp3) is 1.00. The van der Waals surface area contributed by atoms with Gasteiger partial charge in [0.25, 0.3) is 0 Å². The summed E-state index contributed by atoms with van der Waals surface area (Å²) in [6.07, 6.45) is 8.53. The molecule has 2 N–H and O–H groups in total. The van der Waals surface area contributed by atoms with E-state index in [1.54, 1.807) is 0 Å². The van der Waals surface area contributed by atoms with Crippen LogP contribution in [0.5, 0.6) is 0 Å². The monoisotopic (exact) mass is 167 g/mol. The first-order valence-electron chi connectivity index (χ1n) is 5.53. The minimum atomic E-state index is 0.531. The molecule has 0 amide bonds. The van der Waals surface area contributed by atoms with Gasteiger partial charge in [0.05, 0.1) is 0 Å². The van der Waals surface area contributed by atoms with E-state index in [-0.39, 0.29) is 0 Å². The van der Waals surface area contributed by atoms with Gasteiger partial charge in [-0.1, -0.05) is 32.6 Å². The van der Waals surface area contributed by atoms with Crippen LogP contribution in [-0.2, 0) is 0 Å². The third-order valence-electron chi connectivity index (χ3n) is 3.80. The molecule has 0 aromatic carbocycles. The van der Waals surface area contributed by atoms with Gasteiger partial charge in [-0.25, -0.2) is 0 Å². The van der Waals surface area contributed by atoms with E-state index in [4.69, 9.17) is 5.73 Å². The fourth-order valence-corrected chi connectivity index (χ4v) is 2.75. The second-order valence-corrected chi connectivity index (χ2v) is 4.93. The number of rotatable bonds is 3. The van der Waals surface area contributed by atoms with Gasteiger partial charge >= 0.3 is 0 Å². The molecular weight excluding hydrogens is 146 g/mol. The van der Waals surface area contributed by atoms with E-state index in [1.165, 1.54) is 38.5 Å². The van der Waals surface area contributed by atoms with Gasteiger partial charge in [-0.05, 0) is 30.6 Å². The lowest BCUT2D eigenvalue weighted by atomic mass is 9.96.